The number of ether oxygens (including phenoxy) is 1. The van der Waals surface area contributed by atoms with Gasteiger partial charge < -0.3 is 9.84 Å². The van der Waals surface area contributed by atoms with Crippen molar-refractivity contribution < 1.29 is 14.6 Å². The first-order valence-electron chi connectivity index (χ1n) is 11.4. The predicted molar refractivity (Wildman–Crippen MR) is 112 cm³/mol. The topological polar surface area (TPSA) is 46.5 Å². The summed E-state index contributed by atoms with van der Waals surface area (Å²) >= 11 is 0. The highest BCUT2D eigenvalue weighted by molar-refractivity contribution is 5.87. The third kappa shape index (κ3) is 3.40. The first-order valence-corrected chi connectivity index (χ1v) is 11.4. The van der Waals surface area contributed by atoms with Crippen LogP contribution in [0.5, 0.6) is 5.75 Å². The minimum atomic E-state index is -0.0824. The van der Waals surface area contributed by atoms with Crippen LogP contribution in [0.25, 0.3) is 0 Å². The van der Waals surface area contributed by atoms with Crippen LogP contribution in [-0.4, -0.2) is 24.6 Å². The van der Waals surface area contributed by atoms with Gasteiger partial charge in [-0.2, -0.15) is 0 Å². The fraction of sp³-hybridized carbons (Fsp3) is 0.720. The molecule has 2 saturated carbocycles. The Morgan fingerprint density at radius 2 is 2.00 bits per heavy atom. The van der Waals surface area contributed by atoms with Crippen LogP contribution in [0.4, 0.5) is 0 Å². The highest BCUT2D eigenvalue weighted by Gasteiger charge is 2.58. The number of methoxy groups -OCH3 is 1. The Morgan fingerprint density at radius 3 is 2.79 bits per heavy atom. The molecule has 4 rings (SSSR count). The maximum atomic E-state index is 13.0. The maximum absolute atomic E-state index is 13.0. The van der Waals surface area contributed by atoms with Crippen molar-refractivity contribution in [2.75, 3.05) is 13.7 Å². The van der Waals surface area contributed by atoms with Crippen LogP contribution in [-0.2, 0) is 11.2 Å². The molecule has 3 heteroatoms. The average Bonchev–Trinajstić information content (AvgIpc) is 2.97. The predicted octanol–water partition coefficient (Wildman–Crippen LogP) is 5.29. The summed E-state index contributed by atoms with van der Waals surface area (Å²) in [6.07, 6.45) is 11.0. The second-order valence-corrected chi connectivity index (χ2v) is 9.67. The number of fused-ring (bicyclic) bond motifs is 5. The fourth-order valence-electron chi connectivity index (χ4n) is 6.88. The van der Waals surface area contributed by atoms with Crippen molar-refractivity contribution in [3.8, 4) is 5.75 Å². The van der Waals surface area contributed by atoms with Gasteiger partial charge in [0.2, 0.25) is 0 Å². The Labute approximate surface area is 169 Å². The van der Waals surface area contributed by atoms with E-state index in [0.717, 1.165) is 44.3 Å². The molecule has 28 heavy (non-hydrogen) atoms. The Morgan fingerprint density at radius 1 is 1.18 bits per heavy atom. The van der Waals surface area contributed by atoms with Crippen molar-refractivity contribution in [3.63, 3.8) is 0 Å². The van der Waals surface area contributed by atoms with E-state index in [2.05, 4.69) is 25.1 Å². The van der Waals surface area contributed by atoms with Gasteiger partial charge in [0, 0.05) is 18.4 Å². The first-order chi connectivity index (χ1) is 13.6. The second kappa shape index (κ2) is 8.18. The van der Waals surface area contributed by atoms with Gasteiger partial charge in [0.15, 0.2) is 0 Å². The minimum absolute atomic E-state index is 0.0824. The Bertz CT molecular complexity index is 712. The summed E-state index contributed by atoms with van der Waals surface area (Å²) in [7, 11) is 1.74. The summed E-state index contributed by atoms with van der Waals surface area (Å²) in [4.78, 5) is 13.0. The average molecular weight is 385 g/mol. The van der Waals surface area contributed by atoms with Gasteiger partial charge in [-0.15, -0.1) is 0 Å². The number of hydrogen-bond donors (Lipinski definition) is 1. The molecule has 1 unspecified atom stereocenters. The first kappa shape index (κ1) is 19.9. The molecule has 5 atom stereocenters. The number of aliphatic hydroxyl groups is 1. The van der Waals surface area contributed by atoms with Gasteiger partial charge in [0.05, 0.1) is 7.11 Å². The number of aliphatic hydroxyl groups excluding tert-OH is 1. The summed E-state index contributed by atoms with van der Waals surface area (Å²) < 4.78 is 5.44. The Kier molecular flexibility index (Phi) is 5.83. The van der Waals surface area contributed by atoms with E-state index in [1.807, 2.05) is 0 Å². The van der Waals surface area contributed by atoms with E-state index >= 15 is 0 Å². The van der Waals surface area contributed by atoms with Crippen molar-refractivity contribution in [2.45, 2.75) is 77.0 Å². The molecule has 0 spiro atoms. The minimum Gasteiger partial charge on any atom is -0.497 e. The molecule has 3 nitrogen and oxygen atoms in total. The number of carbonyl (C=O) groups is 1. The lowest BCUT2D eigenvalue weighted by Gasteiger charge is -2.50. The van der Waals surface area contributed by atoms with Crippen molar-refractivity contribution in [1.29, 1.82) is 0 Å². The zero-order valence-electron chi connectivity index (χ0n) is 17.6. The van der Waals surface area contributed by atoms with E-state index in [4.69, 9.17) is 9.84 Å². The van der Waals surface area contributed by atoms with Crippen LogP contribution < -0.4 is 4.74 Å². The molecule has 2 fully saturated rings. The zero-order valence-corrected chi connectivity index (χ0v) is 17.6. The molecular formula is C25H36O3. The summed E-state index contributed by atoms with van der Waals surface area (Å²) in [5.74, 6) is 3.92. The number of carbonyl (C=O) groups excluding carboxylic acids is 1. The van der Waals surface area contributed by atoms with Crippen LogP contribution in [0.1, 0.15) is 81.8 Å². The molecule has 0 aliphatic heterocycles. The summed E-state index contributed by atoms with van der Waals surface area (Å²) in [5.41, 5.74) is 2.91. The van der Waals surface area contributed by atoms with Crippen LogP contribution in [0.2, 0.25) is 0 Å². The van der Waals surface area contributed by atoms with E-state index < -0.39 is 0 Å². The van der Waals surface area contributed by atoms with Gasteiger partial charge in [-0.05, 0) is 85.5 Å². The standard InChI is InChI=1S/C25H36O3/c1-25-13-12-21-20-11-9-19(28-2)15-17(20)8-10-22(21)24(25)18(16-23(25)27)7-5-3-4-6-14-26/h9,11,15,18,21-22,24,26H,3-8,10,12-14,16H2,1-2H3/t18?,21-,22-,24+,25-/m1/s1. The number of unbranched alkanes of at least 4 members (excludes halogenated alkanes) is 3. The van der Waals surface area contributed by atoms with E-state index in [1.165, 1.54) is 36.8 Å². The van der Waals surface area contributed by atoms with E-state index in [1.54, 1.807) is 7.11 Å². The van der Waals surface area contributed by atoms with E-state index in [9.17, 15) is 4.79 Å². The lowest BCUT2D eigenvalue weighted by molar-refractivity contribution is -0.129. The van der Waals surface area contributed by atoms with Gasteiger partial charge in [-0.1, -0.05) is 32.3 Å². The van der Waals surface area contributed by atoms with Crippen LogP contribution >= 0.6 is 0 Å². The highest BCUT2D eigenvalue weighted by Crippen LogP contribution is 2.62. The molecule has 1 N–H and O–H groups in total. The molecule has 3 aliphatic rings. The van der Waals surface area contributed by atoms with Crippen LogP contribution in [0, 0.1) is 23.2 Å². The van der Waals surface area contributed by atoms with Gasteiger partial charge in [-0.3, -0.25) is 4.79 Å². The third-order valence-corrected chi connectivity index (χ3v) is 8.26. The smallest absolute Gasteiger partial charge is 0.139 e. The van der Waals surface area contributed by atoms with Gasteiger partial charge >= 0.3 is 0 Å². The quantitative estimate of drug-likeness (QED) is 0.650. The van der Waals surface area contributed by atoms with Gasteiger partial charge in [-0.25, -0.2) is 0 Å². The zero-order chi connectivity index (χ0) is 19.7. The van der Waals surface area contributed by atoms with Crippen molar-refractivity contribution in [2.24, 2.45) is 23.2 Å². The number of rotatable bonds is 7. The molecule has 1 aromatic rings. The number of aryl methyl sites for hydroxylation is 1. The van der Waals surface area contributed by atoms with Crippen molar-refractivity contribution >= 4 is 5.78 Å². The lowest BCUT2D eigenvalue weighted by atomic mass is 9.54. The highest BCUT2D eigenvalue weighted by atomic mass is 16.5. The SMILES string of the molecule is COc1ccc2c(c1)CC[C@@H]1[C@@H]2CC[C@]2(C)C(=O)CC(CCCCCCO)[C@@H]12. The fourth-order valence-corrected chi connectivity index (χ4v) is 6.88. The number of Topliss-reactive ketones (excluding diaryl/α,β-unsaturated/α-hetero) is 1. The normalized spacial score (nSPS) is 33.9. The van der Waals surface area contributed by atoms with Crippen LogP contribution in [0.15, 0.2) is 18.2 Å². The van der Waals surface area contributed by atoms with Gasteiger partial charge in [0.25, 0.3) is 0 Å². The van der Waals surface area contributed by atoms with Crippen molar-refractivity contribution in [3.05, 3.63) is 29.3 Å². The third-order valence-electron chi connectivity index (χ3n) is 8.26. The molecule has 0 saturated heterocycles. The van der Waals surface area contributed by atoms with Crippen molar-refractivity contribution in [1.82, 2.24) is 0 Å². The Balaban J connectivity index is 1.53. The maximum Gasteiger partial charge on any atom is 0.139 e. The molecule has 0 bridgehead atoms. The molecule has 0 heterocycles. The molecule has 1 aromatic carbocycles. The van der Waals surface area contributed by atoms with Crippen LogP contribution in [0.3, 0.4) is 0 Å². The summed E-state index contributed by atoms with van der Waals surface area (Å²) in [5, 5.41) is 8.99. The molecule has 0 aromatic heterocycles. The monoisotopic (exact) mass is 384 g/mol. The lowest BCUT2D eigenvalue weighted by Crippen LogP contribution is -2.44. The largest absolute Gasteiger partial charge is 0.497 e. The van der Waals surface area contributed by atoms with E-state index in [-0.39, 0.29) is 5.41 Å². The molecule has 3 aliphatic carbocycles. The molecular weight excluding hydrogens is 348 g/mol. The molecule has 0 radical (unpaired) electrons. The van der Waals surface area contributed by atoms with E-state index in [0.29, 0.717) is 36.1 Å². The number of ketones is 1. The molecule has 154 valence electrons. The number of hydrogen-bond acceptors (Lipinski definition) is 3. The molecule has 0 amide bonds. The summed E-state index contributed by atoms with van der Waals surface area (Å²) in [6.45, 7) is 2.59. The second-order valence-electron chi connectivity index (χ2n) is 9.67. The summed E-state index contributed by atoms with van der Waals surface area (Å²) in [6, 6.07) is 6.65. The number of benzene rings is 1. The Hall–Kier alpha value is -1.35. The van der Waals surface area contributed by atoms with Gasteiger partial charge in [0.1, 0.15) is 11.5 Å².